The second kappa shape index (κ2) is 3.63. The highest BCUT2D eigenvalue weighted by Crippen LogP contribution is 2.25. The zero-order chi connectivity index (χ0) is 11.2. The summed E-state index contributed by atoms with van der Waals surface area (Å²) in [6, 6.07) is 3.21. The van der Waals surface area contributed by atoms with Crippen molar-refractivity contribution in [3.05, 3.63) is 37.3 Å². The number of nitrogens with zero attached hydrogens (tertiary/aromatic N) is 1. The summed E-state index contributed by atoms with van der Waals surface area (Å²) < 4.78 is 1.64. The van der Waals surface area contributed by atoms with Crippen LogP contribution in [-0.2, 0) is 7.05 Å². The number of H-pyrrole nitrogens is 1. The van der Waals surface area contributed by atoms with Gasteiger partial charge in [-0.3, -0.25) is 9.36 Å². The van der Waals surface area contributed by atoms with Crippen molar-refractivity contribution >= 4 is 46.3 Å². The summed E-state index contributed by atoms with van der Waals surface area (Å²) in [6.07, 6.45) is 0. The molecule has 0 spiro atoms. The number of aromatic amines is 1. The smallest absolute Gasteiger partial charge is 0.263 e. The lowest BCUT2D eigenvalue weighted by Gasteiger charge is -2.05. The van der Waals surface area contributed by atoms with E-state index in [2.05, 4.69) is 4.98 Å². The fourth-order valence-corrected chi connectivity index (χ4v) is 1.96. The number of fused-ring (bicyclic) bond motifs is 1. The monoisotopic (exact) mass is 260 g/mol. The fraction of sp³-hybridized carbons (Fsp3) is 0.111. The molecule has 1 heterocycles. The maximum atomic E-state index is 11.9. The van der Waals surface area contributed by atoms with Gasteiger partial charge in [0.25, 0.3) is 5.56 Å². The summed E-state index contributed by atoms with van der Waals surface area (Å²) in [7, 11) is 1.58. The van der Waals surface area contributed by atoms with E-state index in [1.54, 1.807) is 19.2 Å². The van der Waals surface area contributed by atoms with Gasteiger partial charge in [-0.1, -0.05) is 23.2 Å². The fourth-order valence-electron chi connectivity index (χ4n) is 1.33. The van der Waals surface area contributed by atoms with Gasteiger partial charge in [-0.2, -0.15) is 0 Å². The molecule has 1 N–H and O–H groups in total. The number of aromatic nitrogens is 2. The quantitative estimate of drug-likeness (QED) is 0.740. The molecular weight excluding hydrogens is 255 g/mol. The van der Waals surface area contributed by atoms with Crippen LogP contribution in [0.2, 0.25) is 10.0 Å². The van der Waals surface area contributed by atoms with Gasteiger partial charge in [0.1, 0.15) is 0 Å². The molecule has 6 heteroatoms. The third-order valence-corrected chi connectivity index (χ3v) is 3.16. The minimum atomic E-state index is -0.249. The van der Waals surface area contributed by atoms with Gasteiger partial charge in [0.05, 0.1) is 20.9 Å². The Morgan fingerprint density at radius 3 is 2.60 bits per heavy atom. The summed E-state index contributed by atoms with van der Waals surface area (Å²) in [5.74, 6) is 0. The predicted octanol–water partition coefficient (Wildman–Crippen LogP) is 2.90. The van der Waals surface area contributed by atoms with Crippen molar-refractivity contribution in [2.24, 2.45) is 7.05 Å². The summed E-state index contributed by atoms with van der Waals surface area (Å²) in [4.78, 5) is 14.7. The second-order valence-electron chi connectivity index (χ2n) is 3.07. The summed E-state index contributed by atoms with van der Waals surface area (Å²) >= 11 is 16.9. The van der Waals surface area contributed by atoms with E-state index in [1.807, 2.05) is 0 Å². The van der Waals surface area contributed by atoms with Crippen LogP contribution in [0.3, 0.4) is 0 Å². The van der Waals surface area contributed by atoms with Crippen molar-refractivity contribution in [1.82, 2.24) is 9.55 Å². The molecular formula is C9H6Cl2N2OS. The molecule has 0 radical (unpaired) electrons. The highest BCUT2D eigenvalue weighted by atomic mass is 35.5. The molecule has 2 rings (SSSR count). The Labute approximate surface area is 100 Å². The van der Waals surface area contributed by atoms with E-state index in [0.717, 1.165) is 0 Å². The number of halogens is 2. The van der Waals surface area contributed by atoms with Crippen LogP contribution in [-0.4, -0.2) is 9.55 Å². The predicted molar refractivity (Wildman–Crippen MR) is 64.4 cm³/mol. The van der Waals surface area contributed by atoms with Crippen LogP contribution in [0.4, 0.5) is 0 Å². The Balaban J connectivity index is 3.19. The van der Waals surface area contributed by atoms with Crippen molar-refractivity contribution in [3.8, 4) is 0 Å². The number of rotatable bonds is 0. The molecule has 0 aliphatic heterocycles. The van der Waals surface area contributed by atoms with Crippen LogP contribution in [0, 0.1) is 4.77 Å². The molecule has 0 saturated heterocycles. The normalized spacial score (nSPS) is 10.9. The van der Waals surface area contributed by atoms with Crippen molar-refractivity contribution in [3.63, 3.8) is 0 Å². The van der Waals surface area contributed by atoms with Gasteiger partial charge in [-0.05, 0) is 24.4 Å². The maximum Gasteiger partial charge on any atom is 0.263 e. The molecule has 0 saturated carbocycles. The topological polar surface area (TPSA) is 37.8 Å². The number of hydrogen-bond donors (Lipinski definition) is 1. The Hall–Kier alpha value is -0.840. The standard InChI is InChI=1S/C9H6Cl2N2OS/c1-13-8(14)6-4(10)2-3-5(11)7(6)12-9(13)15/h2-3H,1H3,(H,12,15). The highest BCUT2D eigenvalue weighted by molar-refractivity contribution is 7.71. The third-order valence-electron chi connectivity index (χ3n) is 2.16. The molecule has 0 fully saturated rings. The highest BCUT2D eigenvalue weighted by Gasteiger charge is 2.09. The van der Waals surface area contributed by atoms with Crippen molar-refractivity contribution in [1.29, 1.82) is 0 Å². The Kier molecular flexibility index (Phi) is 2.58. The van der Waals surface area contributed by atoms with Crippen LogP contribution >= 0.6 is 35.4 Å². The van der Waals surface area contributed by atoms with Crippen LogP contribution < -0.4 is 5.56 Å². The van der Waals surface area contributed by atoms with Crippen LogP contribution in [0.25, 0.3) is 10.9 Å². The van der Waals surface area contributed by atoms with Crippen LogP contribution in [0.15, 0.2) is 16.9 Å². The Bertz CT molecular complexity index is 659. The summed E-state index contributed by atoms with van der Waals surface area (Å²) in [5, 5.41) is 1.15. The molecule has 0 atom stereocenters. The van der Waals surface area contributed by atoms with Crippen molar-refractivity contribution < 1.29 is 0 Å². The first kappa shape index (κ1) is 10.7. The van der Waals surface area contributed by atoms with Crippen molar-refractivity contribution in [2.75, 3.05) is 0 Å². The number of benzene rings is 1. The molecule has 0 unspecified atom stereocenters. The van der Waals surface area contributed by atoms with Gasteiger partial charge >= 0.3 is 0 Å². The largest absolute Gasteiger partial charge is 0.330 e. The zero-order valence-corrected chi connectivity index (χ0v) is 10.0. The minimum absolute atomic E-state index is 0.249. The summed E-state index contributed by atoms with van der Waals surface area (Å²) in [5.41, 5.74) is 0.235. The van der Waals surface area contributed by atoms with Gasteiger partial charge in [0.15, 0.2) is 4.77 Å². The number of hydrogen-bond acceptors (Lipinski definition) is 2. The lowest BCUT2D eigenvalue weighted by atomic mass is 10.2. The van der Waals surface area contributed by atoms with E-state index in [-0.39, 0.29) is 5.56 Å². The van der Waals surface area contributed by atoms with E-state index in [9.17, 15) is 4.79 Å². The molecule has 0 aliphatic rings. The Morgan fingerprint density at radius 2 is 1.93 bits per heavy atom. The molecule has 2 aromatic rings. The molecule has 3 nitrogen and oxygen atoms in total. The lowest BCUT2D eigenvalue weighted by molar-refractivity contribution is 0.824. The molecule has 0 aliphatic carbocycles. The average Bonchev–Trinajstić information content (AvgIpc) is 2.20. The van der Waals surface area contributed by atoms with Gasteiger partial charge in [-0.15, -0.1) is 0 Å². The third kappa shape index (κ3) is 1.58. The van der Waals surface area contributed by atoms with Gasteiger partial charge < -0.3 is 4.98 Å². The summed E-state index contributed by atoms with van der Waals surface area (Å²) in [6.45, 7) is 0. The SMILES string of the molecule is Cn1c(=S)[nH]c2c(Cl)ccc(Cl)c2c1=O. The van der Waals surface area contributed by atoms with Gasteiger partial charge in [0.2, 0.25) is 0 Å². The van der Waals surface area contributed by atoms with Crippen molar-refractivity contribution in [2.45, 2.75) is 0 Å². The van der Waals surface area contributed by atoms with Crippen LogP contribution in [0.1, 0.15) is 0 Å². The second-order valence-corrected chi connectivity index (χ2v) is 4.27. The van der Waals surface area contributed by atoms with E-state index in [0.29, 0.717) is 25.7 Å². The molecule has 15 heavy (non-hydrogen) atoms. The molecule has 0 bridgehead atoms. The zero-order valence-electron chi connectivity index (χ0n) is 7.67. The van der Waals surface area contributed by atoms with E-state index in [4.69, 9.17) is 35.4 Å². The van der Waals surface area contributed by atoms with E-state index in [1.165, 1.54) is 4.57 Å². The Morgan fingerprint density at radius 1 is 1.33 bits per heavy atom. The van der Waals surface area contributed by atoms with Crippen LogP contribution in [0.5, 0.6) is 0 Å². The van der Waals surface area contributed by atoms with E-state index < -0.39 is 0 Å². The van der Waals surface area contributed by atoms with E-state index >= 15 is 0 Å². The van der Waals surface area contributed by atoms with Gasteiger partial charge in [-0.25, -0.2) is 0 Å². The molecule has 1 aromatic carbocycles. The molecule has 78 valence electrons. The lowest BCUT2D eigenvalue weighted by Crippen LogP contribution is -2.19. The molecule has 1 aromatic heterocycles. The maximum absolute atomic E-state index is 11.9. The first-order valence-corrected chi connectivity index (χ1v) is 5.26. The first-order valence-electron chi connectivity index (χ1n) is 4.09. The average molecular weight is 261 g/mol. The minimum Gasteiger partial charge on any atom is -0.330 e. The first-order chi connectivity index (χ1) is 7.02. The molecule has 0 amide bonds. The number of nitrogens with one attached hydrogen (secondary N) is 1. The van der Waals surface area contributed by atoms with Gasteiger partial charge in [0, 0.05) is 7.05 Å².